The van der Waals surface area contributed by atoms with E-state index in [1.165, 1.54) is 0 Å². The maximum Gasteiger partial charge on any atom is 0.237 e. The van der Waals surface area contributed by atoms with Crippen LogP contribution in [-0.4, -0.2) is 4.98 Å². The molecule has 0 fully saturated rings. The van der Waals surface area contributed by atoms with Crippen molar-refractivity contribution in [3.05, 3.63) is 46.1 Å². The van der Waals surface area contributed by atoms with Gasteiger partial charge in [0.25, 0.3) is 0 Å². The van der Waals surface area contributed by atoms with E-state index >= 15 is 0 Å². The topological polar surface area (TPSA) is 71.9 Å². The summed E-state index contributed by atoms with van der Waals surface area (Å²) in [5, 5.41) is 8.97. The minimum atomic E-state index is 0.261. The lowest BCUT2D eigenvalue weighted by Crippen LogP contribution is -1.97. The summed E-state index contributed by atoms with van der Waals surface area (Å²) in [4.78, 5) is 4.04. The molecule has 2 rings (SSSR count). The van der Waals surface area contributed by atoms with Gasteiger partial charge in [-0.25, -0.2) is 4.98 Å². The lowest BCUT2D eigenvalue weighted by molar-refractivity contribution is 0.460. The second-order valence-corrected chi connectivity index (χ2v) is 4.63. The lowest BCUT2D eigenvalue weighted by atomic mass is 10.2. The number of aromatic nitrogens is 1. The highest BCUT2D eigenvalue weighted by molar-refractivity contribution is 9.10. The maximum atomic E-state index is 8.97. The molecular weight excluding hydrogens is 294 g/mol. The average molecular weight is 304 g/mol. The number of hydrogen-bond acceptors (Lipinski definition) is 4. The second kappa shape index (κ2) is 5.07. The Hall–Kier alpha value is -2.06. The van der Waals surface area contributed by atoms with Gasteiger partial charge in [0.2, 0.25) is 5.88 Å². The summed E-state index contributed by atoms with van der Waals surface area (Å²) in [5.74, 6) is 0.783. The van der Waals surface area contributed by atoms with Crippen molar-refractivity contribution in [1.29, 1.82) is 5.26 Å². The Bertz CT molecular complexity index is 611. The third-order valence-electron chi connectivity index (χ3n) is 2.36. The van der Waals surface area contributed by atoms with E-state index in [0.717, 1.165) is 10.0 Å². The number of hydrogen-bond donors (Lipinski definition) is 1. The molecule has 0 atom stereocenters. The molecule has 0 amide bonds. The predicted octanol–water partition coefficient (Wildman–Crippen LogP) is 3.40. The molecule has 0 aliphatic rings. The molecule has 0 saturated carbocycles. The minimum absolute atomic E-state index is 0.261. The number of anilines is 1. The normalized spacial score (nSPS) is 9.83. The van der Waals surface area contributed by atoms with Crippen molar-refractivity contribution in [2.75, 3.05) is 5.73 Å². The zero-order valence-electron chi connectivity index (χ0n) is 9.64. The van der Waals surface area contributed by atoms with Crippen LogP contribution >= 0.6 is 15.9 Å². The maximum absolute atomic E-state index is 8.97. The van der Waals surface area contributed by atoms with Crippen LogP contribution in [0.3, 0.4) is 0 Å². The molecule has 0 bridgehead atoms. The van der Waals surface area contributed by atoms with Crippen LogP contribution in [0.15, 0.2) is 34.9 Å². The van der Waals surface area contributed by atoms with Gasteiger partial charge in [-0.15, -0.1) is 0 Å². The first-order valence-corrected chi connectivity index (χ1v) is 5.99. The van der Waals surface area contributed by atoms with Crippen LogP contribution in [0.1, 0.15) is 11.1 Å². The number of aryl methyl sites for hydroxylation is 1. The molecule has 0 spiro atoms. The third kappa shape index (κ3) is 2.44. The van der Waals surface area contributed by atoms with E-state index in [9.17, 15) is 0 Å². The summed E-state index contributed by atoms with van der Waals surface area (Å²) >= 11 is 3.36. The van der Waals surface area contributed by atoms with Crippen LogP contribution in [0.4, 0.5) is 5.69 Å². The number of nitrogens with zero attached hydrogens (tertiary/aromatic N) is 2. The molecule has 0 aliphatic carbocycles. The van der Waals surface area contributed by atoms with Crippen LogP contribution in [0, 0.1) is 18.3 Å². The van der Waals surface area contributed by atoms with Gasteiger partial charge in [0.1, 0.15) is 11.6 Å². The van der Waals surface area contributed by atoms with E-state index in [4.69, 9.17) is 15.7 Å². The van der Waals surface area contributed by atoms with Gasteiger partial charge in [-0.05, 0) is 36.8 Å². The fraction of sp³-hybridized carbons (Fsp3) is 0.0769. The standard InChI is InChI=1S/C13H10BrN3O/c1-8-5-10(14)6-11(16)12(8)18-13-9(7-15)3-2-4-17-13/h2-6H,16H2,1H3. The number of rotatable bonds is 2. The molecule has 2 aromatic rings. The second-order valence-electron chi connectivity index (χ2n) is 3.71. The van der Waals surface area contributed by atoms with Gasteiger partial charge in [-0.3, -0.25) is 0 Å². The van der Waals surface area contributed by atoms with Crippen LogP contribution in [0.25, 0.3) is 0 Å². The number of pyridine rings is 1. The van der Waals surface area contributed by atoms with Gasteiger partial charge >= 0.3 is 0 Å². The highest BCUT2D eigenvalue weighted by Crippen LogP contribution is 2.33. The van der Waals surface area contributed by atoms with E-state index < -0.39 is 0 Å². The quantitative estimate of drug-likeness (QED) is 0.863. The molecule has 1 heterocycles. The largest absolute Gasteiger partial charge is 0.435 e. The number of nitrogen functional groups attached to an aromatic ring is 1. The Morgan fingerprint density at radius 3 is 2.89 bits per heavy atom. The highest BCUT2D eigenvalue weighted by atomic mass is 79.9. The fourth-order valence-electron chi connectivity index (χ4n) is 1.55. The van der Waals surface area contributed by atoms with Crippen molar-refractivity contribution in [2.24, 2.45) is 0 Å². The van der Waals surface area contributed by atoms with Crippen molar-refractivity contribution in [3.63, 3.8) is 0 Å². The Morgan fingerprint density at radius 1 is 1.44 bits per heavy atom. The molecule has 0 saturated heterocycles. The molecule has 0 aliphatic heterocycles. The molecule has 90 valence electrons. The van der Waals surface area contributed by atoms with Crippen LogP contribution in [-0.2, 0) is 0 Å². The first-order valence-electron chi connectivity index (χ1n) is 5.20. The summed E-state index contributed by atoms with van der Waals surface area (Å²) in [6, 6.07) is 8.99. The van der Waals surface area contributed by atoms with Gasteiger partial charge in [-0.1, -0.05) is 15.9 Å². The SMILES string of the molecule is Cc1cc(Br)cc(N)c1Oc1ncccc1C#N. The number of benzene rings is 1. The zero-order chi connectivity index (χ0) is 13.1. The number of halogens is 1. The summed E-state index contributed by atoms with van der Waals surface area (Å²) in [6.07, 6.45) is 1.57. The Labute approximate surface area is 113 Å². The van der Waals surface area contributed by atoms with Crippen LogP contribution in [0.2, 0.25) is 0 Å². The van der Waals surface area contributed by atoms with Gasteiger partial charge in [-0.2, -0.15) is 5.26 Å². The molecule has 4 nitrogen and oxygen atoms in total. The first-order chi connectivity index (χ1) is 8.61. The number of nitrogens with two attached hydrogens (primary N) is 1. The Morgan fingerprint density at radius 2 is 2.22 bits per heavy atom. The summed E-state index contributed by atoms with van der Waals surface area (Å²) < 4.78 is 6.52. The van der Waals surface area contributed by atoms with E-state index in [1.807, 2.05) is 19.1 Å². The van der Waals surface area contributed by atoms with Crippen molar-refractivity contribution in [3.8, 4) is 17.7 Å². The van der Waals surface area contributed by atoms with Gasteiger partial charge < -0.3 is 10.5 Å². The van der Waals surface area contributed by atoms with E-state index in [-0.39, 0.29) is 5.88 Å². The monoisotopic (exact) mass is 303 g/mol. The zero-order valence-corrected chi connectivity index (χ0v) is 11.2. The summed E-state index contributed by atoms with van der Waals surface area (Å²) in [5.41, 5.74) is 7.64. The van der Waals surface area contributed by atoms with Crippen molar-refractivity contribution in [2.45, 2.75) is 6.92 Å². The molecule has 2 N–H and O–H groups in total. The van der Waals surface area contributed by atoms with E-state index in [2.05, 4.69) is 20.9 Å². The van der Waals surface area contributed by atoms with Crippen LogP contribution in [0.5, 0.6) is 11.6 Å². The van der Waals surface area contributed by atoms with Crippen molar-refractivity contribution in [1.82, 2.24) is 4.98 Å². The highest BCUT2D eigenvalue weighted by Gasteiger charge is 2.11. The lowest BCUT2D eigenvalue weighted by Gasteiger charge is -2.11. The molecule has 5 heteroatoms. The molecule has 1 aromatic heterocycles. The fourth-order valence-corrected chi connectivity index (χ4v) is 2.14. The van der Waals surface area contributed by atoms with Crippen molar-refractivity contribution < 1.29 is 4.74 Å². The molecule has 0 radical (unpaired) electrons. The van der Waals surface area contributed by atoms with E-state index in [0.29, 0.717) is 17.0 Å². The number of nitriles is 1. The predicted molar refractivity (Wildman–Crippen MR) is 72.3 cm³/mol. The Kier molecular flexibility index (Phi) is 3.49. The van der Waals surface area contributed by atoms with Gasteiger partial charge in [0.05, 0.1) is 5.69 Å². The minimum Gasteiger partial charge on any atom is -0.435 e. The smallest absolute Gasteiger partial charge is 0.237 e. The molecule has 18 heavy (non-hydrogen) atoms. The summed E-state index contributed by atoms with van der Waals surface area (Å²) in [6.45, 7) is 1.88. The Balaban J connectivity index is 2.44. The molecular formula is C13H10BrN3O. The van der Waals surface area contributed by atoms with Crippen LogP contribution < -0.4 is 10.5 Å². The third-order valence-corrected chi connectivity index (χ3v) is 2.82. The average Bonchev–Trinajstić information content (AvgIpc) is 2.34. The number of ether oxygens (including phenoxy) is 1. The van der Waals surface area contributed by atoms with Gasteiger partial charge in [0.15, 0.2) is 5.75 Å². The van der Waals surface area contributed by atoms with Crippen molar-refractivity contribution >= 4 is 21.6 Å². The molecule has 1 aromatic carbocycles. The van der Waals surface area contributed by atoms with E-state index in [1.54, 1.807) is 24.4 Å². The first kappa shape index (κ1) is 12.4. The van der Waals surface area contributed by atoms with Gasteiger partial charge in [0, 0.05) is 10.7 Å². The summed E-state index contributed by atoms with van der Waals surface area (Å²) in [7, 11) is 0. The molecule has 0 unspecified atom stereocenters.